The molecule has 0 unspecified atom stereocenters. The van der Waals surface area contributed by atoms with Crippen LogP contribution < -0.4 is 5.69 Å². The lowest BCUT2D eigenvalue weighted by molar-refractivity contribution is 0.0285. The van der Waals surface area contributed by atoms with Crippen LogP contribution in [0.3, 0.4) is 0 Å². The van der Waals surface area contributed by atoms with Crippen molar-refractivity contribution in [3.05, 3.63) is 80.7 Å². The molecule has 9 heteroatoms. The van der Waals surface area contributed by atoms with Gasteiger partial charge in [-0.2, -0.15) is 5.10 Å². The SMILES string of the molecule is CN(Cc1ccc(-n2cnn(Cc3ccc(Br)cc3F)c2=O)cc1)C(=O)OC(C)(C)C. The van der Waals surface area contributed by atoms with Gasteiger partial charge in [-0.3, -0.25) is 0 Å². The Morgan fingerprint density at radius 1 is 1.19 bits per heavy atom. The average Bonchev–Trinajstić information content (AvgIpc) is 3.03. The summed E-state index contributed by atoms with van der Waals surface area (Å²) in [5.74, 6) is -0.408. The molecular weight excluding hydrogens is 467 g/mol. The van der Waals surface area contributed by atoms with E-state index in [2.05, 4.69) is 21.0 Å². The van der Waals surface area contributed by atoms with Crippen LogP contribution in [0.15, 0.2) is 58.1 Å². The first kappa shape index (κ1) is 22.7. The average molecular weight is 491 g/mol. The molecule has 0 saturated heterocycles. The van der Waals surface area contributed by atoms with Crippen molar-refractivity contribution in [3.8, 4) is 5.69 Å². The van der Waals surface area contributed by atoms with Crippen LogP contribution in [0.25, 0.3) is 5.69 Å². The van der Waals surface area contributed by atoms with Gasteiger partial charge in [0.2, 0.25) is 0 Å². The lowest BCUT2D eigenvalue weighted by Crippen LogP contribution is -2.33. The zero-order valence-electron chi connectivity index (χ0n) is 17.8. The Hall–Kier alpha value is -2.94. The molecule has 7 nitrogen and oxygen atoms in total. The Morgan fingerprint density at radius 3 is 2.48 bits per heavy atom. The maximum absolute atomic E-state index is 14.1. The number of carbonyl (C=O) groups excluding carboxylic acids is 1. The second-order valence-electron chi connectivity index (χ2n) is 8.18. The lowest BCUT2D eigenvalue weighted by Gasteiger charge is -2.24. The minimum atomic E-state index is -0.560. The summed E-state index contributed by atoms with van der Waals surface area (Å²) in [4.78, 5) is 26.3. The van der Waals surface area contributed by atoms with Crippen molar-refractivity contribution < 1.29 is 13.9 Å². The van der Waals surface area contributed by atoms with E-state index in [1.807, 2.05) is 32.9 Å². The van der Waals surface area contributed by atoms with E-state index in [1.165, 1.54) is 26.5 Å². The molecule has 0 saturated carbocycles. The number of hydrogen-bond acceptors (Lipinski definition) is 4. The molecule has 2 aromatic carbocycles. The summed E-state index contributed by atoms with van der Waals surface area (Å²) in [7, 11) is 1.66. The highest BCUT2D eigenvalue weighted by Gasteiger charge is 2.19. The normalized spacial score (nSPS) is 11.4. The highest BCUT2D eigenvalue weighted by molar-refractivity contribution is 9.10. The van der Waals surface area contributed by atoms with Crippen molar-refractivity contribution in [2.24, 2.45) is 0 Å². The summed E-state index contributed by atoms with van der Waals surface area (Å²) in [6.45, 7) is 5.85. The first-order chi connectivity index (χ1) is 14.5. The molecule has 1 aromatic heterocycles. The molecule has 0 fully saturated rings. The molecule has 0 bridgehead atoms. The van der Waals surface area contributed by atoms with E-state index in [4.69, 9.17) is 4.74 Å². The van der Waals surface area contributed by atoms with E-state index in [9.17, 15) is 14.0 Å². The van der Waals surface area contributed by atoms with Gasteiger partial charge in [0, 0.05) is 23.6 Å². The van der Waals surface area contributed by atoms with Crippen molar-refractivity contribution in [3.63, 3.8) is 0 Å². The number of ether oxygens (including phenoxy) is 1. The van der Waals surface area contributed by atoms with Crippen LogP contribution in [0.5, 0.6) is 0 Å². The van der Waals surface area contributed by atoms with Crippen LogP contribution in [0.2, 0.25) is 0 Å². The lowest BCUT2D eigenvalue weighted by atomic mass is 10.2. The predicted octanol–water partition coefficient (Wildman–Crippen LogP) is 4.35. The summed E-state index contributed by atoms with van der Waals surface area (Å²) in [5.41, 5.74) is 0.943. The Morgan fingerprint density at radius 2 is 1.87 bits per heavy atom. The predicted molar refractivity (Wildman–Crippen MR) is 119 cm³/mol. The van der Waals surface area contributed by atoms with Gasteiger partial charge in [-0.25, -0.2) is 23.2 Å². The van der Waals surface area contributed by atoms with Gasteiger partial charge in [-0.1, -0.05) is 34.1 Å². The third-order valence-corrected chi connectivity index (χ3v) is 4.90. The second-order valence-corrected chi connectivity index (χ2v) is 9.10. The maximum Gasteiger partial charge on any atom is 0.410 e. The number of nitrogens with zero attached hydrogens (tertiary/aromatic N) is 4. The van der Waals surface area contributed by atoms with Crippen LogP contribution in [0.1, 0.15) is 31.9 Å². The van der Waals surface area contributed by atoms with E-state index >= 15 is 0 Å². The second kappa shape index (κ2) is 9.05. The third-order valence-electron chi connectivity index (χ3n) is 4.41. The van der Waals surface area contributed by atoms with E-state index in [1.54, 1.807) is 31.3 Å². The zero-order chi connectivity index (χ0) is 22.8. The fourth-order valence-corrected chi connectivity index (χ4v) is 3.21. The van der Waals surface area contributed by atoms with Gasteiger partial charge >= 0.3 is 11.8 Å². The number of halogens is 2. The zero-order valence-corrected chi connectivity index (χ0v) is 19.4. The number of benzene rings is 2. The van der Waals surface area contributed by atoms with Crippen molar-refractivity contribution >= 4 is 22.0 Å². The first-order valence-electron chi connectivity index (χ1n) is 9.65. The van der Waals surface area contributed by atoms with Gasteiger partial charge in [-0.15, -0.1) is 0 Å². The van der Waals surface area contributed by atoms with Gasteiger partial charge in [0.15, 0.2) is 0 Å². The summed E-state index contributed by atoms with van der Waals surface area (Å²) in [5, 5.41) is 4.10. The van der Waals surface area contributed by atoms with Gasteiger partial charge in [-0.05, 0) is 50.6 Å². The van der Waals surface area contributed by atoms with Crippen LogP contribution >= 0.6 is 15.9 Å². The Bertz CT molecular complexity index is 1130. The van der Waals surface area contributed by atoms with Gasteiger partial charge < -0.3 is 9.64 Å². The topological polar surface area (TPSA) is 69.4 Å². The third kappa shape index (κ3) is 5.81. The van der Waals surface area contributed by atoms with Crippen molar-refractivity contribution in [2.75, 3.05) is 7.05 Å². The smallest absolute Gasteiger partial charge is 0.410 e. The number of amides is 1. The molecular formula is C22H24BrFN4O3. The summed E-state index contributed by atoms with van der Waals surface area (Å²) in [6, 6.07) is 11.9. The first-order valence-corrected chi connectivity index (χ1v) is 10.4. The molecule has 3 rings (SSSR count). The van der Waals surface area contributed by atoms with Gasteiger partial charge in [0.05, 0.1) is 12.2 Å². The maximum atomic E-state index is 14.1. The van der Waals surface area contributed by atoms with Crippen molar-refractivity contribution in [2.45, 2.75) is 39.5 Å². The van der Waals surface area contributed by atoms with Crippen LogP contribution in [0, 0.1) is 5.82 Å². The Balaban J connectivity index is 1.72. The van der Waals surface area contributed by atoms with Crippen LogP contribution in [0.4, 0.5) is 9.18 Å². The number of rotatable bonds is 5. The molecule has 0 atom stereocenters. The highest BCUT2D eigenvalue weighted by Crippen LogP contribution is 2.16. The van der Waals surface area contributed by atoms with E-state index in [-0.39, 0.29) is 12.2 Å². The van der Waals surface area contributed by atoms with E-state index in [0.29, 0.717) is 22.3 Å². The molecule has 0 spiro atoms. The highest BCUT2D eigenvalue weighted by atomic mass is 79.9. The molecule has 164 valence electrons. The summed E-state index contributed by atoms with van der Waals surface area (Å²) >= 11 is 3.22. The van der Waals surface area contributed by atoms with Crippen LogP contribution in [-0.4, -0.2) is 38.0 Å². The molecule has 0 radical (unpaired) electrons. The summed E-state index contributed by atoms with van der Waals surface area (Å²) < 4.78 is 22.6. The molecule has 31 heavy (non-hydrogen) atoms. The van der Waals surface area contributed by atoms with E-state index in [0.717, 1.165) is 5.56 Å². The number of hydrogen-bond donors (Lipinski definition) is 0. The minimum absolute atomic E-state index is 0.0315. The number of aromatic nitrogens is 3. The van der Waals surface area contributed by atoms with E-state index < -0.39 is 17.5 Å². The Kier molecular flexibility index (Phi) is 6.64. The molecule has 0 aliphatic rings. The monoisotopic (exact) mass is 490 g/mol. The Labute approximate surface area is 188 Å². The summed E-state index contributed by atoms with van der Waals surface area (Å²) in [6.07, 6.45) is 0.996. The molecule has 1 amide bonds. The number of carbonyl (C=O) groups is 1. The van der Waals surface area contributed by atoms with Crippen molar-refractivity contribution in [1.82, 2.24) is 19.2 Å². The standard InChI is InChI=1S/C22H24BrFN4O3/c1-22(2,3)31-21(30)26(4)12-15-5-9-18(10-6-15)27-14-25-28(20(27)29)13-16-7-8-17(23)11-19(16)24/h5-11,14H,12-13H2,1-4H3. The molecule has 0 N–H and O–H groups in total. The molecule has 1 heterocycles. The largest absolute Gasteiger partial charge is 0.444 e. The molecule has 0 aliphatic carbocycles. The molecule has 3 aromatic rings. The fourth-order valence-electron chi connectivity index (χ4n) is 2.87. The van der Waals surface area contributed by atoms with Gasteiger partial charge in [0.1, 0.15) is 17.7 Å². The molecule has 0 aliphatic heterocycles. The fraction of sp³-hybridized carbons (Fsp3) is 0.318. The van der Waals surface area contributed by atoms with Crippen molar-refractivity contribution in [1.29, 1.82) is 0 Å². The van der Waals surface area contributed by atoms with Gasteiger partial charge in [0.25, 0.3) is 0 Å². The minimum Gasteiger partial charge on any atom is -0.444 e. The quantitative estimate of drug-likeness (QED) is 0.532. The van der Waals surface area contributed by atoms with Crippen LogP contribution in [-0.2, 0) is 17.8 Å².